The Bertz CT molecular complexity index is 1170. The fourth-order valence-electron chi connectivity index (χ4n) is 3.96. The number of pyridine rings is 3. The lowest BCUT2D eigenvalue weighted by atomic mass is 10.00. The van der Waals surface area contributed by atoms with Crippen LogP contribution in [-0.4, -0.2) is 60.1 Å². The number of allylic oxidation sites excluding steroid dienone is 1. The zero-order chi connectivity index (χ0) is 21.2. The van der Waals surface area contributed by atoms with E-state index in [1.54, 1.807) is 6.20 Å². The topological polar surface area (TPSA) is 72.7 Å². The molecule has 0 saturated carbocycles. The summed E-state index contributed by atoms with van der Waals surface area (Å²) >= 11 is 0. The van der Waals surface area contributed by atoms with Crippen LogP contribution in [0.5, 0.6) is 5.88 Å². The number of aromatic nitrogens is 3. The van der Waals surface area contributed by atoms with E-state index in [1.807, 2.05) is 44.5 Å². The molecule has 0 atom stereocenters. The number of hydrogen-bond acceptors (Lipinski definition) is 7. The van der Waals surface area contributed by atoms with Crippen molar-refractivity contribution >= 4 is 28.5 Å². The summed E-state index contributed by atoms with van der Waals surface area (Å²) in [4.78, 5) is 20.9. The third-order valence-corrected chi connectivity index (χ3v) is 5.40. The zero-order valence-corrected chi connectivity index (χ0v) is 17.8. The van der Waals surface area contributed by atoms with E-state index in [0.29, 0.717) is 25.6 Å². The second-order valence-corrected chi connectivity index (χ2v) is 7.89. The number of nitrogens with zero attached hydrogens (tertiary/aromatic N) is 5. The molecule has 158 valence electrons. The molecule has 3 aromatic heterocycles. The summed E-state index contributed by atoms with van der Waals surface area (Å²) in [5, 5.41) is 1.02. The molecule has 2 aliphatic heterocycles. The molecule has 31 heavy (non-hydrogen) atoms. The van der Waals surface area contributed by atoms with Gasteiger partial charge in [-0.3, -0.25) is 9.98 Å². The van der Waals surface area contributed by atoms with Crippen molar-refractivity contribution in [2.45, 2.75) is 20.0 Å². The maximum Gasteiger partial charge on any atom is 0.221 e. The molecule has 2 aliphatic rings. The van der Waals surface area contributed by atoms with Gasteiger partial charge in [0.1, 0.15) is 5.82 Å². The predicted molar refractivity (Wildman–Crippen MR) is 123 cm³/mol. The summed E-state index contributed by atoms with van der Waals surface area (Å²) in [6.45, 7) is 7.65. The molecule has 0 unspecified atom stereocenters. The van der Waals surface area contributed by atoms with Gasteiger partial charge in [-0.05, 0) is 44.2 Å². The normalized spacial score (nSPS) is 16.2. The molecule has 0 bridgehead atoms. The van der Waals surface area contributed by atoms with Gasteiger partial charge in [-0.1, -0.05) is 0 Å². The van der Waals surface area contributed by atoms with Gasteiger partial charge in [0, 0.05) is 53.8 Å². The number of rotatable bonds is 5. The van der Waals surface area contributed by atoms with Gasteiger partial charge in [-0.2, -0.15) is 0 Å². The molecule has 0 N–H and O–H groups in total. The molecule has 1 fully saturated rings. The van der Waals surface area contributed by atoms with Crippen LogP contribution in [0, 0.1) is 0 Å². The Balaban J connectivity index is 1.74. The van der Waals surface area contributed by atoms with Gasteiger partial charge < -0.3 is 14.4 Å². The lowest BCUT2D eigenvalue weighted by molar-refractivity contribution is 0.122. The molecule has 0 radical (unpaired) electrons. The summed E-state index contributed by atoms with van der Waals surface area (Å²) in [5.74, 6) is 1.54. The molecule has 7 nitrogen and oxygen atoms in total. The minimum Gasteiger partial charge on any atom is -0.475 e. The second-order valence-electron chi connectivity index (χ2n) is 7.89. The van der Waals surface area contributed by atoms with Crippen LogP contribution in [0.2, 0.25) is 0 Å². The van der Waals surface area contributed by atoms with Crippen molar-refractivity contribution in [3.05, 3.63) is 48.4 Å². The molecular weight excluding hydrogens is 390 g/mol. The van der Waals surface area contributed by atoms with Gasteiger partial charge in [0.05, 0.1) is 37.1 Å². The van der Waals surface area contributed by atoms with Crippen LogP contribution in [0.3, 0.4) is 0 Å². The summed E-state index contributed by atoms with van der Waals surface area (Å²) in [7, 11) is 0. The molecule has 5 rings (SSSR count). The quantitative estimate of drug-likeness (QED) is 0.631. The monoisotopic (exact) mass is 415 g/mol. The van der Waals surface area contributed by atoms with E-state index in [-0.39, 0.29) is 6.10 Å². The lowest BCUT2D eigenvalue weighted by Gasteiger charge is -2.29. The maximum absolute atomic E-state index is 6.05. The predicted octanol–water partition coefficient (Wildman–Crippen LogP) is 3.78. The molecular formula is C24H25N5O2. The van der Waals surface area contributed by atoms with Crippen molar-refractivity contribution in [1.82, 2.24) is 15.0 Å². The average molecular weight is 415 g/mol. The number of fused-ring (bicyclic) bond motifs is 1. The van der Waals surface area contributed by atoms with Crippen LogP contribution in [0.15, 0.2) is 47.7 Å². The van der Waals surface area contributed by atoms with E-state index in [0.717, 1.165) is 52.2 Å². The number of hydrogen-bond donors (Lipinski definition) is 0. The van der Waals surface area contributed by atoms with Gasteiger partial charge in [0.2, 0.25) is 5.88 Å². The van der Waals surface area contributed by atoms with Crippen molar-refractivity contribution < 1.29 is 9.47 Å². The molecule has 0 spiro atoms. The highest BCUT2D eigenvalue weighted by Gasteiger charge is 2.21. The van der Waals surface area contributed by atoms with E-state index in [4.69, 9.17) is 14.5 Å². The van der Waals surface area contributed by atoms with Crippen LogP contribution in [0.1, 0.15) is 19.5 Å². The van der Waals surface area contributed by atoms with Crippen molar-refractivity contribution in [2.75, 3.05) is 37.7 Å². The first-order valence-corrected chi connectivity index (χ1v) is 10.6. The Morgan fingerprint density at radius 3 is 2.71 bits per heavy atom. The van der Waals surface area contributed by atoms with E-state index >= 15 is 0 Å². The first-order valence-electron chi connectivity index (χ1n) is 10.6. The Morgan fingerprint density at radius 2 is 1.94 bits per heavy atom. The van der Waals surface area contributed by atoms with Gasteiger partial charge >= 0.3 is 0 Å². The SMILES string of the molecule is CC(C)Oc1ncccc1-c1cc(N2CCOCC2)nc2c(C3=CC=NC3)nccc12. The number of ether oxygens (including phenoxy) is 2. The minimum absolute atomic E-state index is 0.0264. The molecule has 5 heterocycles. The average Bonchev–Trinajstić information content (AvgIpc) is 3.33. The Labute approximate surface area is 181 Å². The van der Waals surface area contributed by atoms with E-state index in [9.17, 15) is 0 Å². The largest absolute Gasteiger partial charge is 0.475 e. The van der Waals surface area contributed by atoms with Gasteiger partial charge in [-0.15, -0.1) is 0 Å². The highest BCUT2D eigenvalue weighted by Crippen LogP contribution is 2.38. The first kappa shape index (κ1) is 19.6. The van der Waals surface area contributed by atoms with Crippen LogP contribution >= 0.6 is 0 Å². The van der Waals surface area contributed by atoms with E-state index in [1.165, 1.54) is 0 Å². The number of morpholine rings is 1. The standard InChI is InChI=1S/C24H25N5O2/c1-16(2)31-24-19(4-3-7-27-24)20-14-21(29-10-12-30-13-11-29)28-23-18(20)6-9-26-22(23)17-5-8-25-15-17/h3-9,14,16H,10-13,15H2,1-2H3. The van der Waals surface area contributed by atoms with Crippen molar-refractivity contribution in [3.8, 4) is 17.0 Å². The Hall–Kier alpha value is -3.32. The van der Waals surface area contributed by atoms with Crippen LogP contribution in [-0.2, 0) is 4.74 Å². The fraction of sp³-hybridized carbons (Fsp3) is 0.333. The maximum atomic E-state index is 6.05. The second kappa shape index (κ2) is 8.43. The summed E-state index contributed by atoms with van der Waals surface area (Å²) < 4.78 is 11.6. The smallest absolute Gasteiger partial charge is 0.221 e. The van der Waals surface area contributed by atoms with Crippen LogP contribution < -0.4 is 9.64 Å². The summed E-state index contributed by atoms with van der Waals surface area (Å²) in [6, 6.07) is 8.16. The summed E-state index contributed by atoms with van der Waals surface area (Å²) in [5.41, 5.74) is 4.82. The van der Waals surface area contributed by atoms with Crippen molar-refractivity contribution in [1.29, 1.82) is 0 Å². The van der Waals surface area contributed by atoms with Crippen molar-refractivity contribution in [3.63, 3.8) is 0 Å². The molecule has 0 aromatic carbocycles. The van der Waals surface area contributed by atoms with Crippen LogP contribution in [0.25, 0.3) is 27.6 Å². The van der Waals surface area contributed by atoms with Gasteiger partial charge in [-0.25, -0.2) is 9.97 Å². The summed E-state index contributed by atoms with van der Waals surface area (Å²) in [6.07, 6.45) is 7.48. The van der Waals surface area contributed by atoms with Crippen molar-refractivity contribution in [2.24, 2.45) is 4.99 Å². The Kier molecular flexibility index (Phi) is 5.34. The van der Waals surface area contributed by atoms with E-state index in [2.05, 4.69) is 32.0 Å². The third kappa shape index (κ3) is 3.88. The highest BCUT2D eigenvalue weighted by molar-refractivity contribution is 6.03. The molecule has 7 heteroatoms. The van der Waals surface area contributed by atoms with Crippen LogP contribution in [0.4, 0.5) is 5.82 Å². The number of aliphatic imine (C=N–C) groups is 1. The van der Waals surface area contributed by atoms with E-state index < -0.39 is 0 Å². The minimum atomic E-state index is 0.0264. The molecule has 3 aromatic rings. The molecule has 1 saturated heterocycles. The molecule has 0 aliphatic carbocycles. The Morgan fingerprint density at radius 1 is 1.06 bits per heavy atom. The van der Waals surface area contributed by atoms with Gasteiger partial charge in [0.15, 0.2) is 0 Å². The lowest BCUT2D eigenvalue weighted by Crippen LogP contribution is -2.36. The fourth-order valence-corrected chi connectivity index (χ4v) is 3.96. The highest BCUT2D eigenvalue weighted by atomic mass is 16.5. The zero-order valence-electron chi connectivity index (χ0n) is 17.8. The molecule has 0 amide bonds. The number of anilines is 1. The third-order valence-electron chi connectivity index (χ3n) is 5.40. The van der Waals surface area contributed by atoms with Gasteiger partial charge in [0.25, 0.3) is 0 Å². The first-order chi connectivity index (χ1) is 15.2.